The minimum absolute atomic E-state index is 0.171. The van der Waals surface area contributed by atoms with Gasteiger partial charge in [-0.25, -0.2) is 0 Å². The molecule has 1 aliphatic rings. The van der Waals surface area contributed by atoms with Crippen LogP contribution in [0.25, 0.3) is 0 Å². The number of hydrogen-bond acceptors (Lipinski definition) is 5. The lowest BCUT2D eigenvalue weighted by Gasteiger charge is -2.35. The SMILES string of the molecule is CSC1=C(SC)N(C(C)C)C(S)N1C(C)C. The Labute approximate surface area is 114 Å². The third-order valence-electron chi connectivity index (χ3n) is 2.65. The summed E-state index contributed by atoms with van der Waals surface area (Å²) in [5, 5.41) is 2.72. The smallest absolute Gasteiger partial charge is 0.149 e. The normalized spacial score (nSPS) is 18.6. The van der Waals surface area contributed by atoms with Gasteiger partial charge in [0.15, 0.2) is 0 Å². The number of thioether (sulfide) groups is 2. The number of thiol groups is 1. The third-order valence-corrected chi connectivity index (χ3v) is 4.86. The van der Waals surface area contributed by atoms with Crippen molar-refractivity contribution in [1.82, 2.24) is 9.80 Å². The standard InChI is InChI=1S/C11H22N2S3/c1-7(2)12-9(15-5)10(16-6)13(8(3)4)11(12)14/h7-8,11,14H,1-6H3. The molecule has 0 atom stereocenters. The maximum Gasteiger partial charge on any atom is 0.149 e. The zero-order valence-corrected chi connectivity index (χ0v) is 13.4. The van der Waals surface area contributed by atoms with E-state index in [1.165, 1.54) is 10.1 Å². The molecule has 0 saturated carbocycles. The molecule has 0 fully saturated rings. The molecular formula is C11H22N2S3. The van der Waals surface area contributed by atoms with Crippen molar-refractivity contribution < 1.29 is 0 Å². The second-order valence-corrected chi connectivity index (χ2v) is 6.42. The van der Waals surface area contributed by atoms with Crippen LogP contribution in [-0.4, -0.2) is 39.9 Å². The summed E-state index contributed by atoms with van der Waals surface area (Å²) in [5.74, 6) is 0. The highest BCUT2D eigenvalue weighted by Gasteiger charge is 2.37. The molecule has 0 aromatic carbocycles. The van der Waals surface area contributed by atoms with Gasteiger partial charge in [0.2, 0.25) is 0 Å². The fraction of sp³-hybridized carbons (Fsp3) is 0.818. The molecule has 0 aromatic heterocycles. The van der Waals surface area contributed by atoms with E-state index in [2.05, 4.69) is 50.0 Å². The zero-order valence-electron chi connectivity index (χ0n) is 10.9. The molecule has 0 saturated heterocycles. The van der Waals surface area contributed by atoms with Gasteiger partial charge in [0, 0.05) is 12.1 Å². The second kappa shape index (κ2) is 5.83. The van der Waals surface area contributed by atoms with E-state index in [9.17, 15) is 0 Å². The molecule has 1 aliphatic heterocycles. The number of hydrogen-bond donors (Lipinski definition) is 1. The molecule has 94 valence electrons. The van der Waals surface area contributed by atoms with E-state index in [0.29, 0.717) is 12.1 Å². The summed E-state index contributed by atoms with van der Waals surface area (Å²) in [4.78, 5) is 4.78. The first-order valence-electron chi connectivity index (χ1n) is 5.52. The van der Waals surface area contributed by atoms with Gasteiger partial charge in [0.1, 0.15) is 15.6 Å². The van der Waals surface area contributed by atoms with Gasteiger partial charge >= 0.3 is 0 Å². The third kappa shape index (κ3) is 2.46. The molecule has 1 rings (SSSR count). The van der Waals surface area contributed by atoms with Crippen molar-refractivity contribution in [1.29, 1.82) is 0 Å². The van der Waals surface area contributed by atoms with Crippen LogP contribution in [0.1, 0.15) is 27.7 Å². The molecule has 16 heavy (non-hydrogen) atoms. The van der Waals surface area contributed by atoms with Crippen molar-refractivity contribution in [2.75, 3.05) is 12.5 Å². The molecule has 0 radical (unpaired) electrons. The summed E-state index contributed by atoms with van der Waals surface area (Å²) in [5.41, 5.74) is 0.171. The molecular weight excluding hydrogens is 256 g/mol. The van der Waals surface area contributed by atoms with Crippen molar-refractivity contribution in [3.63, 3.8) is 0 Å². The van der Waals surface area contributed by atoms with Crippen molar-refractivity contribution >= 4 is 36.2 Å². The van der Waals surface area contributed by atoms with Gasteiger partial charge < -0.3 is 9.80 Å². The van der Waals surface area contributed by atoms with Crippen LogP contribution in [0.4, 0.5) is 0 Å². The Kier molecular flexibility index (Phi) is 5.26. The first kappa shape index (κ1) is 14.5. The summed E-state index contributed by atoms with van der Waals surface area (Å²) in [7, 11) is 0. The maximum absolute atomic E-state index is 4.77. The molecule has 0 aromatic rings. The van der Waals surface area contributed by atoms with Gasteiger partial charge in [-0.15, -0.1) is 36.2 Å². The van der Waals surface area contributed by atoms with Crippen LogP contribution in [0, 0.1) is 0 Å². The van der Waals surface area contributed by atoms with Gasteiger partial charge in [0.05, 0.1) is 0 Å². The molecule has 2 nitrogen and oxygen atoms in total. The van der Waals surface area contributed by atoms with Gasteiger partial charge in [-0.1, -0.05) is 0 Å². The van der Waals surface area contributed by atoms with Crippen LogP contribution in [-0.2, 0) is 0 Å². The zero-order chi connectivity index (χ0) is 12.5. The minimum Gasteiger partial charge on any atom is -0.333 e. The monoisotopic (exact) mass is 278 g/mol. The Morgan fingerprint density at radius 3 is 1.44 bits per heavy atom. The Morgan fingerprint density at radius 2 is 1.25 bits per heavy atom. The van der Waals surface area contributed by atoms with Crippen molar-refractivity contribution in [2.45, 2.75) is 45.3 Å². The fourth-order valence-corrected chi connectivity index (χ4v) is 4.98. The minimum atomic E-state index is 0.171. The highest BCUT2D eigenvalue weighted by molar-refractivity contribution is 8.06. The van der Waals surface area contributed by atoms with E-state index in [-0.39, 0.29) is 5.50 Å². The van der Waals surface area contributed by atoms with Crippen LogP contribution in [0.2, 0.25) is 0 Å². The van der Waals surface area contributed by atoms with Crippen LogP contribution in [0.5, 0.6) is 0 Å². The fourth-order valence-electron chi connectivity index (χ4n) is 1.95. The van der Waals surface area contributed by atoms with E-state index in [1.807, 2.05) is 23.5 Å². The van der Waals surface area contributed by atoms with E-state index >= 15 is 0 Å². The average molecular weight is 279 g/mol. The predicted octanol–water partition coefficient (Wildman–Crippen LogP) is 3.49. The van der Waals surface area contributed by atoms with Crippen LogP contribution >= 0.6 is 36.2 Å². The molecule has 0 bridgehead atoms. The maximum atomic E-state index is 4.77. The summed E-state index contributed by atoms with van der Waals surface area (Å²) in [6, 6.07) is 0.965. The number of rotatable bonds is 4. The predicted molar refractivity (Wildman–Crippen MR) is 80.8 cm³/mol. The Morgan fingerprint density at radius 1 is 0.938 bits per heavy atom. The Hall–Kier alpha value is 0.390. The van der Waals surface area contributed by atoms with Crippen LogP contribution in [0.15, 0.2) is 10.1 Å². The average Bonchev–Trinajstić information content (AvgIpc) is 2.49. The van der Waals surface area contributed by atoms with Gasteiger partial charge in [-0.3, -0.25) is 0 Å². The lowest BCUT2D eigenvalue weighted by Crippen LogP contribution is -2.42. The number of nitrogens with zero attached hydrogens (tertiary/aromatic N) is 2. The lowest BCUT2D eigenvalue weighted by atomic mass is 10.3. The molecule has 0 spiro atoms. The summed E-state index contributed by atoms with van der Waals surface area (Å²) in [6.07, 6.45) is 4.29. The van der Waals surface area contributed by atoms with Crippen LogP contribution in [0.3, 0.4) is 0 Å². The largest absolute Gasteiger partial charge is 0.333 e. The second-order valence-electron chi connectivity index (χ2n) is 4.37. The van der Waals surface area contributed by atoms with Gasteiger partial charge in [-0.2, -0.15) is 0 Å². The van der Waals surface area contributed by atoms with Crippen LogP contribution < -0.4 is 0 Å². The highest BCUT2D eigenvalue weighted by atomic mass is 32.2. The van der Waals surface area contributed by atoms with E-state index < -0.39 is 0 Å². The van der Waals surface area contributed by atoms with E-state index in [0.717, 1.165) is 0 Å². The van der Waals surface area contributed by atoms with Crippen molar-refractivity contribution in [3.8, 4) is 0 Å². The first-order chi connectivity index (χ1) is 7.45. The quantitative estimate of drug-likeness (QED) is 0.786. The topological polar surface area (TPSA) is 6.48 Å². The molecule has 0 N–H and O–H groups in total. The first-order valence-corrected chi connectivity index (χ1v) is 8.49. The van der Waals surface area contributed by atoms with E-state index in [4.69, 9.17) is 12.6 Å². The van der Waals surface area contributed by atoms with Gasteiger partial charge in [0.25, 0.3) is 0 Å². The van der Waals surface area contributed by atoms with E-state index in [1.54, 1.807) is 0 Å². The molecule has 0 unspecified atom stereocenters. The molecule has 0 aliphatic carbocycles. The van der Waals surface area contributed by atoms with Crippen molar-refractivity contribution in [2.24, 2.45) is 0 Å². The Bertz CT molecular complexity index is 250. The van der Waals surface area contributed by atoms with Gasteiger partial charge in [-0.05, 0) is 40.2 Å². The van der Waals surface area contributed by atoms with Crippen molar-refractivity contribution in [3.05, 3.63) is 10.1 Å². The summed E-state index contributed by atoms with van der Waals surface area (Å²) < 4.78 is 0. The summed E-state index contributed by atoms with van der Waals surface area (Å²) in [6.45, 7) is 8.89. The molecule has 0 amide bonds. The Balaban J connectivity index is 3.13. The highest BCUT2D eigenvalue weighted by Crippen LogP contribution is 2.43. The summed E-state index contributed by atoms with van der Waals surface area (Å²) >= 11 is 8.41. The lowest BCUT2D eigenvalue weighted by molar-refractivity contribution is 0.172. The molecule has 1 heterocycles. The molecule has 5 heteroatoms.